The first-order chi connectivity index (χ1) is 16.2. The molecule has 0 heterocycles. The molecule has 0 aromatic heterocycles. The predicted molar refractivity (Wildman–Crippen MR) is 125 cm³/mol. The van der Waals surface area contributed by atoms with E-state index in [1.165, 1.54) is 16.8 Å². The zero-order valence-electron chi connectivity index (χ0n) is 19.7. The maximum Gasteiger partial charge on any atom is 1.00 e. The SMILES string of the molecule is F[P-](F)(F)(F)(F)F.NC[N+](Cc1ccccc1)(Cc1ccccc1)c1ccccc1.[F][Sb-]([F])([F])([F])([F])[F].[H+]. The van der Waals surface area contributed by atoms with Crippen LogP contribution in [-0.2, 0) is 13.1 Å². The molecule has 3 aromatic carbocycles. The van der Waals surface area contributed by atoms with E-state index in [1.54, 1.807) is 0 Å². The molecule has 2 N–H and O–H groups in total. The summed E-state index contributed by atoms with van der Waals surface area (Å²) in [6.45, 7) is 2.33. The summed E-state index contributed by atoms with van der Waals surface area (Å²) in [5.74, 6) is 0. The molecule has 212 valence electrons. The van der Waals surface area contributed by atoms with Crippen LogP contribution in [0.25, 0.3) is 0 Å². The van der Waals surface area contributed by atoms with Gasteiger partial charge in [-0.1, -0.05) is 78.9 Å². The zero-order valence-corrected chi connectivity index (χ0v) is 22.2. The van der Waals surface area contributed by atoms with Gasteiger partial charge in [-0.25, -0.2) is 0 Å². The van der Waals surface area contributed by atoms with Gasteiger partial charge in [0.25, 0.3) is 0 Å². The summed E-state index contributed by atoms with van der Waals surface area (Å²) in [6.07, 6.45) is 0. The Morgan fingerprint density at radius 3 is 1.05 bits per heavy atom. The van der Waals surface area contributed by atoms with Crippen molar-refractivity contribution in [3.8, 4) is 0 Å². The molecule has 0 saturated carbocycles. The summed E-state index contributed by atoms with van der Waals surface area (Å²) in [5.41, 5.74) is 10.2. The van der Waals surface area contributed by atoms with Crippen molar-refractivity contribution in [2.45, 2.75) is 13.1 Å². The van der Waals surface area contributed by atoms with Crippen molar-refractivity contribution in [1.82, 2.24) is 4.48 Å². The molecular weight excluding hydrogens is 661 g/mol. The van der Waals surface area contributed by atoms with Crippen LogP contribution in [0.4, 0.5) is 47.7 Å². The summed E-state index contributed by atoms with van der Waals surface area (Å²) < 4.78 is 119. The maximum absolute atomic E-state index is 11.2. The van der Waals surface area contributed by atoms with Crippen LogP contribution in [0.5, 0.6) is 0 Å². The monoisotopic (exact) mass is 684 g/mol. The fourth-order valence-electron chi connectivity index (χ4n) is 3.08. The van der Waals surface area contributed by atoms with Crippen LogP contribution in [0.15, 0.2) is 91.0 Å². The first kappa shape index (κ1) is 33.0. The van der Waals surface area contributed by atoms with Crippen LogP contribution in [0.2, 0.25) is 0 Å². The van der Waals surface area contributed by atoms with Crippen LogP contribution in [0.3, 0.4) is 0 Å². The first-order valence-electron chi connectivity index (χ1n) is 10.0. The second-order valence-corrected chi connectivity index (χ2v) is 15.3. The van der Waals surface area contributed by atoms with E-state index in [-0.39, 0.29) is 1.43 Å². The van der Waals surface area contributed by atoms with E-state index in [0.29, 0.717) is 6.67 Å². The van der Waals surface area contributed by atoms with Crippen molar-refractivity contribution < 1.29 is 43.5 Å². The quantitative estimate of drug-likeness (QED) is 0.0904. The summed E-state index contributed by atoms with van der Waals surface area (Å²) in [7, 11) is -10.7. The largest absolute Gasteiger partial charge is 1.00 e. The molecule has 0 aliphatic rings. The van der Waals surface area contributed by atoms with Crippen LogP contribution < -0.4 is 10.2 Å². The number of nitrogens with zero attached hydrogens (tertiary/aromatic N) is 1. The number of hydrogen-bond donors (Lipinski definition) is 1. The van der Waals surface area contributed by atoms with Crippen LogP contribution >= 0.6 is 7.81 Å². The molecular formula is C21H24F12N2PSb. The van der Waals surface area contributed by atoms with E-state index in [1.807, 2.05) is 0 Å². The van der Waals surface area contributed by atoms with Crippen molar-refractivity contribution in [3.05, 3.63) is 102 Å². The molecule has 0 atom stereocenters. The summed E-state index contributed by atoms with van der Waals surface area (Å²) in [5, 5.41) is 0. The third-order valence-corrected chi connectivity index (χ3v) is 4.31. The Bertz CT molecular complexity index is 1040. The Kier molecular flexibility index (Phi) is 8.87. The smallest absolute Gasteiger partial charge is 1.00 e. The average molecular weight is 685 g/mol. The van der Waals surface area contributed by atoms with Gasteiger partial charge in [-0.15, -0.1) is 0 Å². The predicted octanol–water partition coefficient (Wildman–Crippen LogP) is 9.95. The number of hydrogen-bond acceptors (Lipinski definition) is 1. The molecule has 0 unspecified atom stereocenters. The van der Waals surface area contributed by atoms with E-state index in [9.17, 15) is 42.1 Å². The summed E-state index contributed by atoms with van der Waals surface area (Å²) in [4.78, 5) is 0. The second kappa shape index (κ2) is 9.94. The Balaban J connectivity index is 0.000000760. The number of nitrogens with two attached hydrogens (primary N) is 1. The molecule has 0 fully saturated rings. The summed E-state index contributed by atoms with van der Waals surface area (Å²) >= 11 is -11.2. The van der Waals surface area contributed by atoms with Gasteiger partial charge in [-0.3, -0.25) is 10.2 Å². The minimum Gasteiger partial charge on any atom is 1.00 e. The van der Waals surface area contributed by atoms with Crippen molar-refractivity contribution in [2.75, 3.05) is 6.67 Å². The van der Waals surface area contributed by atoms with Gasteiger partial charge in [0.2, 0.25) is 0 Å². The third-order valence-electron chi connectivity index (χ3n) is 4.31. The fourth-order valence-corrected chi connectivity index (χ4v) is 3.08. The Hall–Kier alpha value is -2.01. The topological polar surface area (TPSA) is 26.0 Å². The molecule has 3 rings (SSSR count). The van der Waals surface area contributed by atoms with E-state index in [4.69, 9.17) is 5.73 Å². The van der Waals surface area contributed by atoms with Crippen molar-refractivity contribution >= 4 is 33.0 Å². The van der Waals surface area contributed by atoms with Crippen LogP contribution in [0.1, 0.15) is 12.6 Å². The molecule has 0 aliphatic carbocycles. The standard InChI is InChI=1S/C21H23N2.F6P.6FH.Sb/c22-18-23(21-14-8-3-9-15-21,16-19-10-4-1-5-11-19)17-20-12-6-2-7-13-20;1-7(2,3,4,5)6;;;;;;;/h1-15H,16-18,22H2;;6*1H;/q+1;-1;;;;;;;+5/p-5. The van der Waals surface area contributed by atoms with Crippen LogP contribution in [-0.4, -0.2) is 26.1 Å². The van der Waals surface area contributed by atoms with Gasteiger partial charge in [0.1, 0.15) is 25.4 Å². The molecule has 3 aromatic rings. The van der Waals surface area contributed by atoms with Crippen LogP contribution in [0, 0.1) is 0 Å². The summed E-state index contributed by atoms with van der Waals surface area (Å²) in [6, 6.07) is 31.8. The number of halogens is 12. The molecule has 2 nitrogen and oxygen atoms in total. The van der Waals surface area contributed by atoms with E-state index < -0.39 is 27.3 Å². The first-order valence-corrected chi connectivity index (χ1v) is 17.9. The number of rotatable bonds is 6. The Morgan fingerprint density at radius 1 is 0.568 bits per heavy atom. The molecule has 16 heteroatoms. The minimum absolute atomic E-state index is 0. The second-order valence-electron chi connectivity index (χ2n) is 7.87. The third kappa shape index (κ3) is 20.7. The Labute approximate surface area is 208 Å². The van der Waals surface area contributed by atoms with Gasteiger partial charge in [-0.05, 0) is 12.1 Å². The van der Waals surface area contributed by atoms with Gasteiger partial charge in [0.15, 0.2) is 0 Å². The van der Waals surface area contributed by atoms with E-state index in [0.717, 1.165) is 17.6 Å². The minimum atomic E-state index is -11.2. The fraction of sp³-hybridized carbons (Fsp3) is 0.143. The molecule has 0 aliphatic heterocycles. The van der Waals surface area contributed by atoms with Gasteiger partial charge < -0.3 is 0 Å². The van der Waals surface area contributed by atoms with Gasteiger partial charge in [-0.2, -0.15) is 0 Å². The molecule has 0 radical (unpaired) electrons. The van der Waals surface area contributed by atoms with Crippen molar-refractivity contribution in [1.29, 1.82) is 0 Å². The number of quaternary nitrogens is 1. The van der Waals surface area contributed by atoms with E-state index >= 15 is 0 Å². The number of benzene rings is 3. The van der Waals surface area contributed by atoms with Gasteiger partial charge in [0.05, 0.1) is 0 Å². The molecule has 37 heavy (non-hydrogen) atoms. The van der Waals surface area contributed by atoms with Crippen molar-refractivity contribution in [2.24, 2.45) is 5.73 Å². The average Bonchev–Trinajstić information content (AvgIpc) is 2.71. The maximum atomic E-state index is 9.93. The van der Waals surface area contributed by atoms with Gasteiger partial charge >= 0.3 is 70.8 Å². The van der Waals surface area contributed by atoms with Crippen molar-refractivity contribution in [3.63, 3.8) is 0 Å². The molecule has 0 spiro atoms. The zero-order chi connectivity index (χ0) is 28.8. The molecule has 0 saturated heterocycles. The molecule has 0 amide bonds. The Morgan fingerprint density at radius 2 is 0.811 bits per heavy atom. The van der Waals surface area contributed by atoms with E-state index in [2.05, 4.69) is 91.0 Å². The number of para-hydroxylation sites is 1. The van der Waals surface area contributed by atoms with Gasteiger partial charge in [0, 0.05) is 11.1 Å². The molecule has 0 bridgehead atoms. The normalized spacial score (nSPS) is 15.8.